The van der Waals surface area contributed by atoms with Crippen molar-refractivity contribution >= 4 is 24.9 Å². The summed E-state index contributed by atoms with van der Waals surface area (Å²) in [6.45, 7) is 0. The van der Waals surface area contributed by atoms with E-state index in [0.29, 0.717) is 29.5 Å². The number of para-hydroxylation sites is 2. The van der Waals surface area contributed by atoms with E-state index in [2.05, 4.69) is 4.76 Å². The number of phenolic OH excluding ortho intramolecular Hbond substituents is 1. The van der Waals surface area contributed by atoms with Crippen molar-refractivity contribution in [3.63, 3.8) is 0 Å². The van der Waals surface area contributed by atoms with Crippen molar-refractivity contribution in [2.24, 2.45) is 4.76 Å². The molecule has 0 saturated carbocycles. The van der Waals surface area contributed by atoms with Gasteiger partial charge >= 0.3 is 7.75 Å². The second-order valence-corrected chi connectivity index (χ2v) is 10.7. The Balaban J connectivity index is 1.60. The van der Waals surface area contributed by atoms with Crippen molar-refractivity contribution < 1.29 is 23.5 Å². The van der Waals surface area contributed by atoms with Gasteiger partial charge in [0.05, 0.1) is 13.2 Å². The highest BCUT2D eigenvalue weighted by molar-refractivity contribution is 7.53. The lowest BCUT2D eigenvalue weighted by Crippen LogP contribution is -2.38. The number of aromatic hydroxyl groups is 1. The topological polar surface area (TPSA) is 80.6 Å². The standard InChI is InChI=1S/C27H25N2O5PS/c1-29-26(17-19-16-23(30)24(32-2)18-22(19)27(29)25-14-9-15-36-25)28-35(31,33-20-10-5-3-6-11-20)34-21-12-7-4-8-13-21/h3-16,18,27,30H,17H2,1-2H3/b28-26-. The molecule has 0 bridgehead atoms. The molecular weight excluding hydrogens is 495 g/mol. The van der Waals surface area contributed by atoms with Gasteiger partial charge in [-0.2, -0.15) is 0 Å². The maximum absolute atomic E-state index is 14.1. The Kier molecular flexibility index (Phi) is 6.72. The van der Waals surface area contributed by atoms with Crippen molar-refractivity contribution in [1.82, 2.24) is 4.90 Å². The number of ether oxygens (including phenoxy) is 1. The molecule has 184 valence electrons. The van der Waals surface area contributed by atoms with E-state index in [1.54, 1.807) is 65.9 Å². The minimum absolute atomic E-state index is 0.0364. The summed E-state index contributed by atoms with van der Waals surface area (Å²) in [6.07, 6.45) is 0.325. The van der Waals surface area contributed by atoms with Crippen LogP contribution in [0.4, 0.5) is 0 Å². The monoisotopic (exact) mass is 520 g/mol. The highest BCUT2D eigenvalue weighted by atomic mass is 32.1. The van der Waals surface area contributed by atoms with Crippen LogP contribution in [0.15, 0.2) is 95.1 Å². The summed E-state index contributed by atoms with van der Waals surface area (Å²) in [5, 5.41) is 12.5. The van der Waals surface area contributed by atoms with Crippen molar-refractivity contribution in [2.75, 3.05) is 14.2 Å². The number of likely N-dealkylation sites (N-methyl/N-ethyl adjacent to an activating group) is 1. The van der Waals surface area contributed by atoms with Crippen LogP contribution < -0.4 is 13.8 Å². The number of rotatable bonds is 7. The molecule has 3 aromatic carbocycles. The first-order chi connectivity index (χ1) is 17.5. The Labute approximate surface area is 213 Å². The molecule has 7 nitrogen and oxygen atoms in total. The van der Waals surface area contributed by atoms with Crippen LogP contribution in [-0.2, 0) is 11.0 Å². The molecule has 1 aliphatic rings. The van der Waals surface area contributed by atoms with Gasteiger partial charge in [-0.15, -0.1) is 16.1 Å². The number of methoxy groups -OCH3 is 1. The van der Waals surface area contributed by atoms with Crippen LogP contribution in [-0.4, -0.2) is 30.0 Å². The summed E-state index contributed by atoms with van der Waals surface area (Å²) in [5.74, 6) is 1.72. The predicted octanol–water partition coefficient (Wildman–Crippen LogP) is 6.70. The van der Waals surface area contributed by atoms with Crippen LogP contribution in [0.3, 0.4) is 0 Å². The fourth-order valence-corrected chi connectivity index (χ4v) is 6.45. The van der Waals surface area contributed by atoms with E-state index >= 15 is 0 Å². The van der Waals surface area contributed by atoms with Crippen LogP contribution >= 0.6 is 19.1 Å². The Morgan fingerprint density at radius 3 is 2.17 bits per heavy atom. The van der Waals surface area contributed by atoms with Gasteiger partial charge in [-0.25, -0.2) is 4.57 Å². The molecule has 2 heterocycles. The molecule has 1 unspecified atom stereocenters. The Morgan fingerprint density at radius 1 is 0.972 bits per heavy atom. The Bertz CT molecular complexity index is 1370. The van der Waals surface area contributed by atoms with Gasteiger partial charge in [0.15, 0.2) is 11.5 Å². The zero-order valence-corrected chi connectivity index (χ0v) is 21.5. The number of thiophene rings is 1. The first kappa shape index (κ1) is 24.0. The highest BCUT2D eigenvalue weighted by Crippen LogP contribution is 2.52. The van der Waals surface area contributed by atoms with Crippen molar-refractivity contribution in [3.8, 4) is 23.0 Å². The number of hydrogen-bond donors (Lipinski definition) is 1. The average molecular weight is 521 g/mol. The second-order valence-electron chi connectivity index (χ2n) is 8.22. The summed E-state index contributed by atoms with van der Waals surface area (Å²) in [5.41, 5.74) is 1.84. The van der Waals surface area contributed by atoms with Crippen molar-refractivity contribution in [1.29, 1.82) is 0 Å². The van der Waals surface area contributed by atoms with Gasteiger partial charge in [-0.3, -0.25) is 0 Å². The number of benzene rings is 3. The van der Waals surface area contributed by atoms with Crippen LogP contribution in [0, 0.1) is 0 Å². The van der Waals surface area contributed by atoms with E-state index in [1.165, 1.54) is 7.11 Å². The van der Waals surface area contributed by atoms with E-state index in [-0.39, 0.29) is 11.8 Å². The maximum atomic E-state index is 14.1. The molecule has 0 saturated heterocycles. The molecule has 1 N–H and O–H groups in total. The van der Waals surface area contributed by atoms with Gasteiger partial charge in [0.1, 0.15) is 17.3 Å². The molecule has 5 rings (SSSR count). The third-order valence-corrected chi connectivity index (χ3v) is 8.14. The number of amidine groups is 1. The van der Waals surface area contributed by atoms with E-state index in [9.17, 15) is 9.67 Å². The molecule has 0 fully saturated rings. The lowest BCUT2D eigenvalue weighted by atomic mass is 9.90. The molecule has 1 aliphatic heterocycles. The first-order valence-electron chi connectivity index (χ1n) is 11.3. The third-order valence-electron chi connectivity index (χ3n) is 5.86. The molecule has 9 heteroatoms. The Morgan fingerprint density at radius 2 is 1.61 bits per heavy atom. The van der Waals surface area contributed by atoms with Crippen molar-refractivity contribution in [2.45, 2.75) is 12.5 Å². The number of nitrogens with zero attached hydrogens (tertiary/aromatic N) is 2. The summed E-state index contributed by atoms with van der Waals surface area (Å²) in [6, 6.07) is 25.0. The molecule has 0 radical (unpaired) electrons. The zero-order chi connectivity index (χ0) is 25.1. The quantitative estimate of drug-likeness (QED) is 0.273. The smallest absolute Gasteiger partial charge is 0.504 e. The van der Waals surface area contributed by atoms with Crippen LogP contribution in [0.25, 0.3) is 0 Å². The highest BCUT2D eigenvalue weighted by Gasteiger charge is 2.36. The molecule has 1 aromatic heterocycles. The Hall–Kier alpha value is -3.74. The summed E-state index contributed by atoms with van der Waals surface area (Å²) in [4.78, 5) is 3.04. The average Bonchev–Trinajstić information content (AvgIpc) is 3.40. The zero-order valence-electron chi connectivity index (χ0n) is 19.8. The lowest BCUT2D eigenvalue weighted by molar-refractivity contribution is 0.365. The van der Waals surface area contributed by atoms with Crippen LogP contribution in [0.2, 0.25) is 0 Å². The molecule has 36 heavy (non-hydrogen) atoms. The third kappa shape index (κ3) is 4.96. The van der Waals surface area contributed by atoms with E-state index < -0.39 is 7.75 Å². The van der Waals surface area contributed by atoms with Crippen molar-refractivity contribution in [3.05, 3.63) is 106 Å². The van der Waals surface area contributed by atoms with Gasteiger partial charge in [-0.05, 0) is 59.0 Å². The minimum atomic E-state index is -4.05. The SMILES string of the molecule is COc1cc2c(cc1O)C/C(=N/P(=O)(Oc1ccccc1)Oc1ccccc1)N(C)C2c1cccs1. The first-order valence-corrected chi connectivity index (χ1v) is 13.7. The van der Waals surface area contributed by atoms with Crippen LogP contribution in [0.1, 0.15) is 22.0 Å². The fraction of sp³-hybridized carbons (Fsp3) is 0.148. The summed E-state index contributed by atoms with van der Waals surface area (Å²) in [7, 11) is -0.618. The summed E-state index contributed by atoms with van der Waals surface area (Å²) >= 11 is 1.61. The van der Waals surface area contributed by atoms with Gasteiger partial charge in [0.2, 0.25) is 0 Å². The van der Waals surface area contributed by atoms with Gasteiger partial charge in [0, 0.05) is 18.3 Å². The van der Waals surface area contributed by atoms with E-state index in [0.717, 1.165) is 16.0 Å². The van der Waals surface area contributed by atoms with Gasteiger partial charge in [-0.1, -0.05) is 42.5 Å². The molecule has 0 aliphatic carbocycles. The molecule has 4 aromatic rings. The predicted molar refractivity (Wildman–Crippen MR) is 141 cm³/mol. The number of hydrogen-bond acceptors (Lipinski definition) is 6. The molecule has 0 spiro atoms. The maximum Gasteiger partial charge on any atom is 0.564 e. The van der Waals surface area contributed by atoms with Gasteiger partial charge in [0.25, 0.3) is 0 Å². The number of fused-ring (bicyclic) bond motifs is 1. The minimum Gasteiger partial charge on any atom is -0.504 e. The van der Waals surface area contributed by atoms with E-state index in [4.69, 9.17) is 13.8 Å². The van der Waals surface area contributed by atoms with E-state index in [1.807, 2.05) is 47.7 Å². The van der Waals surface area contributed by atoms with Crippen LogP contribution in [0.5, 0.6) is 23.0 Å². The lowest BCUT2D eigenvalue weighted by Gasteiger charge is -2.37. The molecule has 1 atom stereocenters. The molecule has 0 amide bonds. The number of phenols is 1. The molecular formula is C27H25N2O5PS. The largest absolute Gasteiger partial charge is 0.564 e. The fourth-order valence-electron chi connectivity index (χ4n) is 4.18. The normalized spacial score (nSPS) is 16.4. The second kappa shape index (κ2) is 10.1. The van der Waals surface area contributed by atoms with Gasteiger partial charge < -0.3 is 23.8 Å². The summed E-state index contributed by atoms with van der Waals surface area (Å²) < 4.78 is 35.9.